The Hall–Kier alpha value is -2.04. The van der Waals surface area contributed by atoms with E-state index in [-0.39, 0.29) is 23.7 Å². The van der Waals surface area contributed by atoms with E-state index in [4.69, 9.17) is 4.74 Å². The number of carbonyl (C=O) groups excluding carboxylic acids is 1. The molecule has 27 heavy (non-hydrogen) atoms. The Bertz CT molecular complexity index is 782. The maximum Gasteiger partial charge on any atom is 0.261 e. The van der Waals surface area contributed by atoms with Crippen LogP contribution >= 0.6 is 12.4 Å². The maximum absolute atomic E-state index is 12.3. The van der Waals surface area contributed by atoms with E-state index in [1.54, 1.807) is 6.92 Å². The Balaban J connectivity index is 0.00000261. The highest BCUT2D eigenvalue weighted by atomic mass is 35.5. The van der Waals surface area contributed by atoms with Gasteiger partial charge in [0.15, 0.2) is 6.10 Å². The van der Waals surface area contributed by atoms with Crippen LogP contribution < -0.4 is 15.4 Å². The lowest BCUT2D eigenvalue weighted by Gasteiger charge is -2.20. The predicted octanol–water partition coefficient (Wildman–Crippen LogP) is 4.09. The van der Waals surface area contributed by atoms with Gasteiger partial charge in [0.2, 0.25) is 0 Å². The second kappa shape index (κ2) is 8.77. The molecule has 0 radical (unpaired) electrons. The maximum atomic E-state index is 12.3. The average Bonchev–Trinajstić information content (AvgIpc) is 3.07. The molecule has 5 heteroatoms. The quantitative estimate of drug-likeness (QED) is 0.810. The van der Waals surface area contributed by atoms with Gasteiger partial charge >= 0.3 is 0 Å². The highest BCUT2D eigenvalue weighted by Crippen LogP contribution is 2.24. The van der Waals surface area contributed by atoms with Crippen molar-refractivity contribution in [3.05, 3.63) is 64.7 Å². The van der Waals surface area contributed by atoms with E-state index < -0.39 is 6.10 Å². The van der Waals surface area contributed by atoms with Crippen molar-refractivity contribution in [1.29, 1.82) is 0 Å². The molecule has 1 heterocycles. The first-order valence-electron chi connectivity index (χ1n) is 9.19. The van der Waals surface area contributed by atoms with Crippen LogP contribution in [0.25, 0.3) is 0 Å². The zero-order valence-corrected chi connectivity index (χ0v) is 17.3. The van der Waals surface area contributed by atoms with E-state index in [1.807, 2.05) is 12.1 Å². The smallest absolute Gasteiger partial charge is 0.261 e. The number of rotatable bonds is 5. The SMILES string of the molecule is CC(Oc1ccc(C(C)(C)C)cc1)C(=O)NCc1ccc2c(c1)CNC2.Cl. The van der Waals surface area contributed by atoms with Gasteiger partial charge in [-0.25, -0.2) is 0 Å². The first-order valence-corrected chi connectivity index (χ1v) is 9.19. The van der Waals surface area contributed by atoms with Crippen LogP contribution in [0.3, 0.4) is 0 Å². The fourth-order valence-corrected chi connectivity index (χ4v) is 3.08. The number of ether oxygens (including phenoxy) is 1. The number of halogens is 1. The van der Waals surface area contributed by atoms with E-state index in [0.29, 0.717) is 12.3 Å². The summed E-state index contributed by atoms with van der Waals surface area (Å²) in [6.07, 6.45) is -0.536. The summed E-state index contributed by atoms with van der Waals surface area (Å²) in [5, 5.41) is 6.29. The predicted molar refractivity (Wildman–Crippen MR) is 111 cm³/mol. The van der Waals surface area contributed by atoms with Gasteiger partial charge in [0.25, 0.3) is 5.91 Å². The summed E-state index contributed by atoms with van der Waals surface area (Å²) in [4.78, 5) is 12.3. The van der Waals surface area contributed by atoms with E-state index >= 15 is 0 Å². The minimum Gasteiger partial charge on any atom is -0.481 e. The number of hydrogen-bond acceptors (Lipinski definition) is 3. The zero-order chi connectivity index (χ0) is 18.7. The van der Waals surface area contributed by atoms with Crippen LogP contribution in [-0.2, 0) is 29.8 Å². The monoisotopic (exact) mass is 388 g/mol. The first kappa shape index (κ1) is 21.3. The van der Waals surface area contributed by atoms with Crippen molar-refractivity contribution in [2.45, 2.75) is 58.8 Å². The van der Waals surface area contributed by atoms with Crippen molar-refractivity contribution in [1.82, 2.24) is 10.6 Å². The van der Waals surface area contributed by atoms with Gasteiger partial charge in [-0.1, -0.05) is 51.1 Å². The molecule has 0 saturated heterocycles. The lowest BCUT2D eigenvalue weighted by molar-refractivity contribution is -0.127. The van der Waals surface area contributed by atoms with Crippen molar-refractivity contribution >= 4 is 18.3 Å². The normalized spacial score (nSPS) is 14.1. The van der Waals surface area contributed by atoms with Crippen molar-refractivity contribution in [3.8, 4) is 5.75 Å². The minimum absolute atomic E-state index is 0. The van der Waals surface area contributed by atoms with Crippen molar-refractivity contribution in [3.63, 3.8) is 0 Å². The van der Waals surface area contributed by atoms with Gasteiger partial charge in [-0.15, -0.1) is 12.4 Å². The van der Waals surface area contributed by atoms with Crippen molar-refractivity contribution in [2.24, 2.45) is 0 Å². The van der Waals surface area contributed by atoms with Crippen LogP contribution in [0.2, 0.25) is 0 Å². The van der Waals surface area contributed by atoms with E-state index in [0.717, 1.165) is 18.7 Å². The second-order valence-corrected chi connectivity index (χ2v) is 7.96. The summed E-state index contributed by atoms with van der Waals surface area (Å²) in [5.41, 5.74) is 5.12. The standard InChI is InChI=1S/C22H28N2O2.ClH/c1-15(26-20-9-7-19(8-10-20)22(2,3)4)21(25)24-12-16-5-6-17-13-23-14-18(17)11-16;/h5-11,15,23H,12-14H2,1-4H3,(H,24,25);1H. The van der Waals surface area contributed by atoms with Crippen molar-refractivity contribution in [2.75, 3.05) is 0 Å². The highest BCUT2D eigenvalue weighted by Gasteiger charge is 2.17. The Labute approximate surface area is 168 Å². The molecule has 2 aromatic rings. The number of fused-ring (bicyclic) bond motifs is 1. The number of benzene rings is 2. The molecular formula is C22H29ClN2O2. The molecule has 1 amide bonds. The van der Waals surface area contributed by atoms with Crippen LogP contribution in [0.5, 0.6) is 5.75 Å². The topological polar surface area (TPSA) is 50.4 Å². The molecule has 2 N–H and O–H groups in total. The van der Waals surface area contributed by atoms with E-state index in [1.165, 1.54) is 16.7 Å². The first-order chi connectivity index (χ1) is 12.3. The second-order valence-electron chi connectivity index (χ2n) is 7.96. The molecule has 2 aromatic carbocycles. The van der Waals surface area contributed by atoms with Gasteiger partial charge in [-0.3, -0.25) is 4.79 Å². The molecule has 0 spiro atoms. The van der Waals surface area contributed by atoms with E-state index in [2.05, 4.69) is 61.7 Å². The summed E-state index contributed by atoms with van der Waals surface area (Å²) in [5.74, 6) is 0.604. The minimum atomic E-state index is -0.536. The Morgan fingerprint density at radius 1 is 1.11 bits per heavy atom. The van der Waals surface area contributed by atoms with Gasteiger partial charge in [0, 0.05) is 19.6 Å². The van der Waals surface area contributed by atoms with Crippen LogP contribution in [0, 0.1) is 0 Å². The molecule has 0 bridgehead atoms. The van der Waals surface area contributed by atoms with Crippen molar-refractivity contribution < 1.29 is 9.53 Å². The third-order valence-electron chi connectivity index (χ3n) is 4.77. The van der Waals surface area contributed by atoms with Crippen LogP contribution in [-0.4, -0.2) is 12.0 Å². The third-order valence-corrected chi connectivity index (χ3v) is 4.77. The largest absolute Gasteiger partial charge is 0.481 e. The van der Waals surface area contributed by atoms with Crippen LogP contribution in [0.1, 0.15) is 49.9 Å². The molecule has 3 rings (SSSR count). The lowest BCUT2D eigenvalue weighted by Crippen LogP contribution is -2.35. The number of hydrogen-bond donors (Lipinski definition) is 2. The number of nitrogens with one attached hydrogen (secondary N) is 2. The van der Waals surface area contributed by atoms with Crippen LogP contribution in [0.15, 0.2) is 42.5 Å². The molecule has 0 aromatic heterocycles. The highest BCUT2D eigenvalue weighted by molar-refractivity contribution is 5.85. The molecule has 1 unspecified atom stereocenters. The van der Waals surface area contributed by atoms with Gasteiger partial charge in [0.1, 0.15) is 5.75 Å². The summed E-state index contributed by atoms with van der Waals surface area (Å²) in [6.45, 7) is 10.7. The number of amides is 1. The Kier molecular flexibility index (Phi) is 6.90. The Morgan fingerprint density at radius 3 is 2.44 bits per heavy atom. The van der Waals surface area contributed by atoms with Gasteiger partial charge in [-0.05, 0) is 46.7 Å². The molecule has 1 aliphatic heterocycles. The summed E-state index contributed by atoms with van der Waals surface area (Å²) >= 11 is 0. The van der Waals surface area contributed by atoms with Crippen LogP contribution in [0.4, 0.5) is 0 Å². The molecule has 1 aliphatic rings. The van der Waals surface area contributed by atoms with Gasteiger partial charge in [0.05, 0.1) is 0 Å². The summed E-state index contributed by atoms with van der Waals surface area (Å²) in [7, 11) is 0. The fourth-order valence-electron chi connectivity index (χ4n) is 3.08. The summed E-state index contributed by atoms with van der Waals surface area (Å²) < 4.78 is 5.78. The number of carbonyl (C=O) groups is 1. The Morgan fingerprint density at radius 2 is 1.78 bits per heavy atom. The zero-order valence-electron chi connectivity index (χ0n) is 16.5. The third kappa shape index (κ3) is 5.47. The molecule has 0 aliphatic carbocycles. The molecule has 0 saturated carbocycles. The lowest BCUT2D eigenvalue weighted by atomic mass is 9.87. The molecule has 146 valence electrons. The molecular weight excluding hydrogens is 360 g/mol. The molecule has 4 nitrogen and oxygen atoms in total. The summed E-state index contributed by atoms with van der Waals surface area (Å²) in [6, 6.07) is 14.3. The fraction of sp³-hybridized carbons (Fsp3) is 0.409. The average molecular weight is 389 g/mol. The van der Waals surface area contributed by atoms with Gasteiger partial charge < -0.3 is 15.4 Å². The molecule has 0 fully saturated rings. The van der Waals surface area contributed by atoms with Gasteiger partial charge in [-0.2, -0.15) is 0 Å². The molecule has 1 atom stereocenters. The van der Waals surface area contributed by atoms with E-state index in [9.17, 15) is 4.79 Å².